The van der Waals surface area contributed by atoms with Crippen LogP contribution in [0, 0.1) is 0 Å². The Balaban J connectivity index is 1.73. The summed E-state index contributed by atoms with van der Waals surface area (Å²) in [6, 6.07) is 12.9. The van der Waals surface area contributed by atoms with Crippen LogP contribution in [-0.4, -0.2) is 30.8 Å². The Morgan fingerprint density at radius 2 is 1.80 bits per heavy atom. The molecule has 0 amide bonds. The van der Waals surface area contributed by atoms with E-state index in [1.807, 2.05) is 12.1 Å². The predicted molar refractivity (Wildman–Crippen MR) is 97.0 cm³/mol. The van der Waals surface area contributed by atoms with Gasteiger partial charge in [-0.3, -0.25) is 4.90 Å². The molecule has 1 aliphatic heterocycles. The number of β-amino-alcohol motifs (C(OH)–C–C–N with tert-alkyl or cyclic N) is 1. The van der Waals surface area contributed by atoms with Crippen molar-refractivity contribution >= 4 is 0 Å². The summed E-state index contributed by atoms with van der Waals surface area (Å²) in [4.78, 5) is 2.40. The average molecular weight is 339 g/mol. The number of nitrogens with zero attached hydrogens (tertiary/aromatic N) is 1. The molecule has 4 rings (SSSR count). The van der Waals surface area contributed by atoms with Crippen LogP contribution in [0.5, 0.6) is 11.5 Å². The lowest BCUT2D eigenvalue weighted by atomic mass is 9.85. The molecule has 0 spiro atoms. The highest BCUT2D eigenvalue weighted by atomic mass is 16.5. The van der Waals surface area contributed by atoms with Crippen molar-refractivity contribution in [2.24, 2.45) is 0 Å². The summed E-state index contributed by atoms with van der Waals surface area (Å²) in [5.41, 5.74) is 4.77. The van der Waals surface area contributed by atoms with E-state index in [1.54, 1.807) is 14.2 Å². The van der Waals surface area contributed by atoms with E-state index in [0.29, 0.717) is 12.6 Å². The second-order valence-corrected chi connectivity index (χ2v) is 6.91. The highest BCUT2D eigenvalue weighted by molar-refractivity contribution is 5.51. The molecule has 0 unspecified atom stereocenters. The monoisotopic (exact) mass is 339 g/mol. The molecule has 2 aromatic carbocycles. The van der Waals surface area contributed by atoms with E-state index < -0.39 is 6.10 Å². The molecule has 4 nitrogen and oxygen atoms in total. The first-order valence-electron chi connectivity index (χ1n) is 8.96. The molecule has 1 heterocycles. The van der Waals surface area contributed by atoms with Crippen molar-refractivity contribution in [2.75, 3.05) is 20.8 Å². The summed E-state index contributed by atoms with van der Waals surface area (Å²) in [5, 5.41) is 10.9. The zero-order valence-electron chi connectivity index (χ0n) is 14.9. The molecule has 4 heteroatoms. The van der Waals surface area contributed by atoms with E-state index in [4.69, 9.17) is 9.47 Å². The molecule has 2 aromatic rings. The SMILES string of the molecule is COc1ccc(OC)c2c1CN([C@H]1CCCc3ccccc31)C[C@H]2O. The summed E-state index contributed by atoms with van der Waals surface area (Å²) >= 11 is 0. The van der Waals surface area contributed by atoms with Crippen LogP contribution in [0.25, 0.3) is 0 Å². The first-order valence-corrected chi connectivity index (χ1v) is 8.96. The van der Waals surface area contributed by atoms with Crippen LogP contribution in [0.3, 0.4) is 0 Å². The number of aliphatic hydroxyl groups excluding tert-OH is 1. The number of ether oxygens (including phenoxy) is 2. The highest BCUT2D eigenvalue weighted by Crippen LogP contribution is 2.44. The highest BCUT2D eigenvalue weighted by Gasteiger charge is 2.34. The van der Waals surface area contributed by atoms with Gasteiger partial charge >= 0.3 is 0 Å². The van der Waals surface area contributed by atoms with Gasteiger partial charge in [-0.1, -0.05) is 24.3 Å². The molecular formula is C21H25NO3. The predicted octanol–water partition coefficient (Wildman–Crippen LogP) is 3.63. The molecule has 0 saturated heterocycles. The van der Waals surface area contributed by atoms with Gasteiger partial charge in [-0.05, 0) is 42.5 Å². The van der Waals surface area contributed by atoms with Crippen LogP contribution in [0.2, 0.25) is 0 Å². The van der Waals surface area contributed by atoms with E-state index in [1.165, 1.54) is 17.5 Å². The molecule has 0 bridgehead atoms. The quantitative estimate of drug-likeness (QED) is 0.927. The maximum atomic E-state index is 10.9. The minimum absolute atomic E-state index is 0.351. The molecule has 0 aromatic heterocycles. The van der Waals surface area contributed by atoms with Gasteiger partial charge in [0.1, 0.15) is 11.5 Å². The van der Waals surface area contributed by atoms with Gasteiger partial charge in [-0.2, -0.15) is 0 Å². The zero-order valence-corrected chi connectivity index (χ0v) is 14.9. The third-order valence-electron chi connectivity index (χ3n) is 5.59. The van der Waals surface area contributed by atoms with E-state index in [0.717, 1.165) is 42.0 Å². The van der Waals surface area contributed by atoms with Gasteiger partial charge in [-0.15, -0.1) is 0 Å². The third-order valence-corrected chi connectivity index (χ3v) is 5.59. The number of hydrogen-bond donors (Lipinski definition) is 1. The molecule has 2 aliphatic rings. The second kappa shape index (κ2) is 6.70. The molecule has 0 saturated carbocycles. The molecule has 1 aliphatic carbocycles. The number of rotatable bonds is 3. The molecule has 2 atom stereocenters. The Hall–Kier alpha value is -2.04. The Labute approximate surface area is 149 Å². The van der Waals surface area contributed by atoms with E-state index >= 15 is 0 Å². The van der Waals surface area contributed by atoms with Crippen molar-refractivity contribution in [3.63, 3.8) is 0 Å². The van der Waals surface area contributed by atoms with Crippen LogP contribution in [0.15, 0.2) is 36.4 Å². The molecular weight excluding hydrogens is 314 g/mol. The van der Waals surface area contributed by atoms with Gasteiger partial charge in [0, 0.05) is 30.3 Å². The van der Waals surface area contributed by atoms with Crippen LogP contribution in [0.4, 0.5) is 0 Å². The van der Waals surface area contributed by atoms with Crippen molar-refractivity contribution in [2.45, 2.75) is 38.0 Å². The molecule has 1 N–H and O–H groups in total. The number of methoxy groups -OCH3 is 2. The lowest BCUT2D eigenvalue weighted by molar-refractivity contribution is 0.0559. The summed E-state index contributed by atoms with van der Waals surface area (Å²) in [7, 11) is 3.34. The standard InChI is InChI=1S/C21H25NO3/c1-24-19-10-11-20(25-2)21-16(19)12-22(13-18(21)23)17-9-5-7-14-6-3-4-8-15(14)17/h3-4,6,8,10-11,17-18,23H,5,7,9,12-13H2,1-2H3/t17-,18+/m0/s1. The summed E-state index contributed by atoms with van der Waals surface area (Å²) in [5.74, 6) is 1.57. The zero-order chi connectivity index (χ0) is 17.4. The van der Waals surface area contributed by atoms with Crippen LogP contribution < -0.4 is 9.47 Å². The number of aryl methyl sites for hydroxylation is 1. The molecule has 0 fully saturated rings. The fourth-order valence-corrected chi connectivity index (χ4v) is 4.45. The Bertz CT molecular complexity index is 774. The topological polar surface area (TPSA) is 41.9 Å². The van der Waals surface area contributed by atoms with E-state index in [9.17, 15) is 5.11 Å². The number of hydrogen-bond acceptors (Lipinski definition) is 4. The largest absolute Gasteiger partial charge is 0.496 e. The first kappa shape index (κ1) is 16.4. The fourth-order valence-electron chi connectivity index (χ4n) is 4.45. The van der Waals surface area contributed by atoms with Gasteiger partial charge in [0.15, 0.2) is 0 Å². The van der Waals surface area contributed by atoms with Crippen LogP contribution >= 0.6 is 0 Å². The average Bonchev–Trinajstić information content (AvgIpc) is 2.66. The van der Waals surface area contributed by atoms with Crippen molar-refractivity contribution in [3.8, 4) is 11.5 Å². The van der Waals surface area contributed by atoms with Gasteiger partial charge < -0.3 is 14.6 Å². The number of benzene rings is 2. The molecule has 25 heavy (non-hydrogen) atoms. The minimum Gasteiger partial charge on any atom is -0.496 e. The molecule has 132 valence electrons. The molecule has 0 radical (unpaired) electrons. The van der Waals surface area contributed by atoms with Gasteiger partial charge in [-0.25, -0.2) is 0 Å². The van der Waals surface area contributed by atoms with Crippen molar-refractivity contribution in [3.05, 3.63) is 58.7 Å². The summed E-state index contributed by atoms with van der Waals surface area (Å²) in [6.45, 7) is 1.39. The third kappa shape index (κ3) is 2.79. The number of aliphatic hydroxyl groups is 1. The van der Waals surface area contributed by atoms with Crippen molar-refractivity contribution < 1.29 is 14.6 Å². The Kier molecular flexibility index (Phi) is 4.40. The first-order chi connectivity index (χ1) is 12.2. The van der Waals surface area contributed by atoms with Crippen LogP contribution in [-0.2, 0) is 13.0 Å². The maximum Gasteiger partial charge on any atom is 0.125 e. The number of fused-ring (bicyclic) bond motifs is 2. The Morgan fingerprint density at radius 1 is 1.04 bits per heavy atom. The minimum atomic E-state index is -0.567. The Morgan fingerprint density at radius 3 is 2.60 bits per heavy atom. The summed E-state index contributed by atoms with van der Waals surface area (Å²) < 4.78 is 11.1. The lowest BCUT2D eigenvalue weighted by Crippen LogP contribution is -2.38. The van der Waals surface area contributed by atoms with Crippen LogP contribution in [0.1, 0.15) is 47.2 Å². The summed E-state index contributed by atoms with van der Waals surface area (Å²) in [6.07, 6.45) is 2.90. The maximum absolute atomic E-state index is 10.9. The normalized spacial score (nSPS) is 22.8. The van der Waals surface area contributed by atoms with E-state index in [2.05, 4.69) is 29.2 Å². The van der Waals surface area contributed by atoms with Crippen molar-refractivity contribution in [1.82, 2.24) is 4.90 Å². The fraction of sp³-hybridized carbons (Fsp3) is 0.429. The van der Waals surface area contributed by atoms with Crippen molar-refractivity contribution in [1.29, 1.82) is 0 Å². The second-order valence-electron chi connectivity index (χ2n) is 6.91. The van der Waals surface area contributed by atoms with Gasteiger partial charge in [0.25, 0.3) is 0 Å². The van der Waals surface area contributed by atoms with E-state index in [-0.39, 0.29) is 0 Å². The van der Waals surface area contributed by atoms with Gasteiger partial charge in [0.05, 0.1) is 20.3 Å². The lowest BCUT2D eigenvalue weighted by Gasteiger charge is -2.41. The van der Waals surface area contributed by atoms with Gasteiger partial charge in [0.2, 0.25) is 0 Å². The smallest absolute Gasteiger partial charge is 0.125 e.